The van der Waals surface area contributed by atoms with Crippen molar-refractivity contribution in [3.8, 4) is 11.5 Å². The smallest absolute Gasteiger partial charge is 0.417 e. The molecule has 1 unspecified atom stereocenters. The zero-order valence-electron chi connectivity index (χ0n) is 17.3. The van der Waals surface area contributed by atoms with Gasteiger partial charge in [0.05, 0.1) is 17.9 Å². The predicted octanol–water partition coefficient (Wildman–Crippen LogP) is 4.13. The van der Waals surface area contributed by atoms with Crippen LogP contribution in [0, 0.1) is 6.92 Å². The molecule has 2 atom stereocenters. The molecule has 1 aliphatic heterocycles. The van der Waals surface area contributed by atoms with Crippen LogP contribution in [0.1, 0.15) is 24.5 Å². The highest BCUT2D eigenvalue weighted by atomic mass is 19.3. The standard InChI is InChI=1S/C21H20F2N6O3/c1-12(16-9-8-15(10-24-16)32-14-6-4-3-5-7-14)25-19-26-13(2)27-20(28-19)29-17(18(22)23)11-31-21(29)30/h3-10,12,17-18H,11H2,1-2H3,(H,25,26,27,28)/t12-,17?/m0/s1. The summed E-state index contributed by atoms with van der Waals surface area (Å²) in [6.45, 7) is 2.99. The Morgan fingerprint density at radius 2 is 1.91 bits per heavy atom. The molecule has 0 saturated carbocycles. The van der Waals surface area contributed by atoms with Crippen molar-refractivity contribution in [1.29, 1.82) is 0 Å². The first-order chi connectivity index (χ1) is 15.4. The molecule has 11 heteroatoms. The number of hydrogen-bond acceptors (Lipinski definition) is 8. The first-order valence-electron chi connectivity index (χ1n) is 9.83. The van der Waals surface area contributed by atoms with E-state index in [0.717, 1.165) is 4.90 Å². The SMILES string of the molecule is Cc1nc(N[C@@H](C)c2ccc(Oc3ccccc3)cn2)nc(N2C(=O)OCC2C(F)F)n1. The Balaban J connectivity index is 1.48. The quantitative estimate of drug-likeness (QED) is 0.583. The first-order valence-corrected chi connectivity index (χ1v) is 9.83. The van der Waals surface area contributed by atoms with Crippen LogP contribution in [0.4, 0.5) is 25.5 Å². The van der Waals surface area contributed by atoms with Gasteiger partial charge in [-0.15, -0.1) is 0 Å². The van der Waals surface area contributed by atoms with Crippen molar-refractivity contribution in [2.24, 2.45) is 0 Å². The number of ether oxygens (including phenoxy) is 2. The fourth-order valence-electron chi connectivity index (χ4n) is 3.09. The van der Waals surface area contributed by atoms with Crippen LogP contribution >= 0.6 is 0 Å². The van der Waals surface area contributed by atoms with Crippen LogP contribution in [0.5, 0.6) is 11.5 Å². The molecule has 3 heterocycles. The summed E-state index contributed by atoms with van der Waals surface area (Å²) >= 11 is 0. The number of benzene rings is 1. The van der Waals surface area contributed by atoms with E-state index in [9.17, 15) is 13.6 Å². The average molecular weight is 442 g/mol. The van der Waals surface area contributed by atoms with Gasteiger partial charge in [0, 0.05) is 0 Å². The number of carbonyl (C=O) groups is 1. The number of nitrogens with one attached hydrogen (secondary N) is 1. The van der Waals surface area contributed by atoms with Gasteiger partial charge in [-0.25, -0.2) is 18.5 Å². The van der Waals surface area contributed by atoms with Gasteiger partial charge in [-0.3, -0.25) is 4.98 Å². The number of nitrogens with zero attached hydrogens (tertiary/aromatic N) is 5. The number of cyclic esters (lactones) is 1. The molecule has 1 aromatic carbocycles. The molecule has 2 aromatic heterocycles. The summed E-state index contributed by atoms with van der Waals surface area (Å²) in [7, 11) is 0. The van der Waals surface area contributed by atoms with Crippen LogP contribution in [-0.2, 0) is 4.74 Å². The summed E-state index contributed by atoms with van der Waals surface area (Å²) in [5.74, 6) is 1.47. The minimum Gasteiger partial charge on any atom is -0.456 e. The van der Waals surface area contributed by atoms with Gasteiger partial charge in [0.1, 0.15) is 30.0 Å². The van der Waals surface area contributed by atoms with Crippen LogP contribution < -0.4 is 15.0 Å². The number of para-hydroxylation sites is 1. The van der Waals surface area contributed by atoms with Gasteiger partial charge < -0.3 is 14.8 Å². The lowest BCUT2D eigenvalue weighted by Gasteiger charge is -2.20. The largest absolute Gasteiger partial charge is 0.456 e. The molecule has 1 N–H and O–H groups in total. The summed E-state index contributed by atoms with van der Waals surface area (Å²) < 4.78 is 37.0. The fraction of sp³-hybridized carbons (Fsp3) is 0.286. The minimum atomic E-state index is -2.80. The molecule has 0 aliphatic carbocycles. The monoisotopic (exact) mass is 442 g/mol. The van der Waals surface area contributed by atoms with E-state index in [4.69, 9.17) is 9.47 Å². The number of rotatable bonds is 7. The molecule has 1 aliphatic rings. The Bertz CT molecular complexity index is 1080. The molecule has 32 heavy (non-hydrogen) atoms. The van der Waals surface area contributed by atoms with Crippen molar-refractivity contribution in [3.63, 3.8) is 0 Å². The molecule has 166 valence electrons. The van der Waals surface area contributed by atoms with Crippen molar-refractivity contribution in [2.45, 2.75) is 32.4 Å². The number of carbonyl (C=O) groups excluding carboxylic acids is 1. The third-order valence-electron chi connectivity index (χ3n) is 4.68. The summed E-state index contributed by atoms with van der Waals surface area (Å²) in [6, 6.07) is 11.1. The number of hydrogen-bond donors (Lipinski definition) is 1. The summed E-state index contributed by atoms with van der Waals surface area (Å²) in [6.07, 6.45) is -2.12. The van der Waals surface area contributed by atoms with E-state index in [-0.39, 0.29) is 23.8 Å². The number of amides is 1. The molecule has 1 amide bonds. The highest BCUT2D eigenvalue weighted by Gasteiger charge is 2.42. The molecular formula is C21H20F2N6O3. The van der Waals surface area contributed by atoms with E-state index in [2.05, 4.69) is 25.3 Å². The van der Waals surface area contributed by atoms with Crippen molar-refractivity contribution >= 4 is 18.0 Å². The van der Waals surface area contributed by atoms with E-state index in [1.807, 2.05) is 37.3 Å². The molecule has 9 nitrogen and oxygen atoms in total. The molecular weight excluding hydrogens is 422 g/mol. The average Bonchev–Trinajstić information content (AvgIpc) is 3.16. The number of aromatic nitrogens is 4. The maximum absolute atomic E-state index is 13.3. The second-order valence-corrected chi connectivity index (χ2v) is 7.05. The Labute approximate surface area is 182 Å². The van der Waals surface area contributed by atoms with Gasteiger partial charge in [0.15, 0.2) is 0 Å². The molecule has 1 saturated heterocycles. The van der Waals surface area contributed by atoms with Gasteiger partial charge in [-0.2, -0.15) is 15.0 Å². The lowest BCUT2D eigenvalue weighted by Crippen LogP contribution is -2.40. The molecule has 0 spiro atoms. The Hall–Kier alpha value is -3.89. The van der Waals surface area contributed by atoms with Crippen molar-refractivity contribution < 1.29 is 23.0 Å². The highest BCUT2D eigenvalue weighted by Crippen LogP contribution is 2.26. The maximum Gasteiger partial charge on any atom is 0.417 e. The molecule has 0 bridgehead atoms. The van der Waals surface area contributed by atoms with Gasteiger partial charge in [0.25, 0.3) is 6.43 Å². The van der Waals surface area contributed by atoms with Crippen LogP contribution in [-0.4, -0.2) is 45.1 Å². The lowest BCUT2D eigenvalue weighted by atomic mass is 10.2. The van der Waals surface area contributed by atoms with Gasteiger partial charge >= 0.3 is 6.09 Å². The van der Waals surface area contributed by atoms with Crippen LogP contribution in [0.3, 0.4) is 0 Å². The molecule has 3 aromatic rings. The predicted molar refractivity (Wildman–Crippen MR) is 111 cm³/mol. The molecule has 0 radical (unpaired) electrons. The van der Waals surface area contributed by atoms with E-state index in [1.165, 1.54) is 0 Å². The molecule has 4 rings (SSSR count). The number of anilines is 2. The van der Waals surface area contributed by atoms with Gasteiger partial charge in [0.2, 0.25) is 11.9 Å². The second kappa shape index (κ2) is 9.08. The number of alkyl halides is 2. The normalized spacial score (nSPS) is 16.7. The van der Waals surface area contributed by atoms with E-state index in [0.29, 0.717) is 17.2 Å². The Kier molecular flexibility index (Phi) is 6.06. The highest BCUT2D eigenvalue weighted by molar-refractivity contribution is 5.88. The van der Waals surface area contributed by atoms with Crippen molar-refractivity contribution in [2.75, 3.05) is 16.8 Å². The van der Waals surface area contributed by atoms with E-state index >= 15 is 0 Å². The third kappa shape index (κ3) is 4.71. The summed E-state index contributed by atoms with van der Waals surface area (Å²) in [5.41, 5.74) is 0.677. The Morgan fingerprint density at radius 1 is 1.12 bits per heavy atom. The van der Waals surface area contributed by atoms with Crippen molar-refractivity contribution in [1.82, 2.24) is 19.9 Å². The number of aryl methyl sites for hydroxylation is 1. The first kappa shape index (κ1) is 21.3. The van der Waals surface area contributed by atoms with Gasteiger partial charge in [-0.1, -0.05) is 18.2 Å². The fourth-order valence-corrected chi connectivity index (χ4v) is 3.09. The van der Waals surface area contributed by atoms with Crippen LogP contribution in [0.25, 0.3) is 0 Å². The number of halogens is 2. The third-order valence-corrected chi connectivity index (χ3v) is 4.68. The zero-order valence-corrected chi connectivity index (χ0v) is 17.3. The maximum atomic E-state index is 13.3. The topological polar surface area (TPSA) is 102 Å². The van der Waals surface area contributed by atoms with Crippen LogP contribution in [0.15, 0.2) is 48.7 Å². The second-order valence-electron chi connectivity index (χ2n) is 7.05. The Morgan fingerprint density at radius 3 is 2.59 bits per heavy atom. The lowest BCUT2D eigenvalue weighted by molar-refractivity contribution is 0.104. The van der Waals surface area contributed by atoms with E-state index < -0.39 is 25.2 Å². The summed E-state index contributed by atoms with van der Waals surface area (Å²) in [4.78, 5) is 29.5. The number of pyridine rings is 1. The summed E-state index contributed by atoms with van der Waals surface area (Å²) in [5, 5.41) is 3.06. The van der Waals surface area contributed by atoms with E-state index in [1.54, 1.807) is 25.3 Å². The van der Waals surface area contributed by atoms with Crippen LogP contribution in [0.2, 0.25) is 0 Å². The van der Waals surface area contributed by atoms with Gasteiger partial charge in [-0.05, 0) is 38.1 Å². The zero-order chi connectivity index (χ0) is 22.7. The molecule has 1 fully saturated rings. The minimum absolute atomic E-state index is 0.124. The van der Waals surface area contributed by atoms with Crippen molar-refractivity contribution in [3.05, 3.63) is 60.2 Å².